The highest BCUT2D eigenvalue weighted by Crippen LogP contribution is 2.31. The van der Waals surface area contributed by atoms with Gasteiger partial charge >= 0.3 is 0 Å². The molecule has 2 aromatic rings. The molecule has 0 bridgehead atoms. The van der Waals surface area contributed by atoms with Crippen molar-refractivity contribution in [2.45, 2.75) is 137 Å². The number of benzene rings is 2. The summed E-state index contributed by atoms with van der Waals surface area (Å²) in [6, 6.07) is 12.5. The van der Waals surface area contributed by atoms with Gasteiger partial charge in [0.2, 0.25) is 5.91 Å². The molecule has 0 radical (unpaired) electrons. The lowest BCUT2D eigenvalue weighted by Crippen LogP contribution is -2.63. The van der Waals surface area contributed by atoms with Crippen molar-refractivity contribution in [1.29, 1.82) is 0 Å². The molecule has 2 heterocycles. The number of nitrogens with one attached hydrogen (secondary N) is 2. The van der Waals surface area contributed by atoms with Crippen LogP contribution >= 0.6 is 0 Å². The van der Waals surface area contributed by atoms with Crippen molar-refractivity contribution in [3.8, 4) is 0 Å². The molecule has 0 aromatic heterocycles. The van der Waals surface area contributed by atoms with Crippen molar-refractivity contribution in [2.75, 3.05) is 43.4 Å². The van der Waals surface area contributed by atoms with Gasteiger partial charge in [0.05, 0.1) is 25.7 Å². The number of hydrogen-bond acceptors (Lipinski definition) is 3. The van der Waals surface area contributed by atoms with Crippen molar-refractivity contribution in [3.63, 3.8) is 0 Å². The number of likely N-dealkylation sites (tertiary alicyclic amines) is 2. The molecule has 3 atom stereocenters. The van der Waals surface area contributed by atoms with Crippen molar-refractivity contribution >= 4 is 23.2 Å². The third-order valence-corrected chi connectivity index (χ3v) is 10.9. The van der Waals surface area contributed by atoms with E-state index in [2.05, 4.69) is 86.6 Å². The number of nitrogens with zero attached hydrogens (tertiary/aromatic N) is 2. The number of unbranched alkanes of at least 4 members (excludes halogenated alkanes) is 6. The van der Waals surface area contributed by atoms with Crippen LogP contribution < -0.4 is 10.6 Å². The molecule has 2 amide bonds. The largest absolute Gasteiger partial charge is 0.324 e. The summed E-state index contributed by atoms with van der Waals surface area (Å²) in [4.78, 5) is 29.6. The lowest BCUT2D eigenvalue weighted by atomic mass is 9.95. The molecule has 254 valence electrons. The first-order chi connectivity index (χ1) is 22.3. The lowest BCUT2D eigenvalue weighted by Gasteiger charge is -2.47. The Bertz CT molecular complexity index is 1240. The standard InChI is InChI=1S/C40H62N4O2/c1-6-7-28-44(30-17-13-25-36(44)40(46)42-38-33(4)22-19-23-34(38)5)29-16-11-9-8-10-14-26-43-27-15-12-24-35(43)39(45)41-37-31(2)20-18-21-32(37)3/h18-23,35-36H,6-17,24-30H2,1-5H3,(H-,41,42,45,46)/p+1. The predicted molar refractivity (Wildman–Crippen MR) is 193 cm³/mol. The van der Waals surface area contributed by atoms with Gasteiger partial charge in [-0.2, -0.15) is 0 Å². The zero-order valence-electron chi connectivity index (χ0n) is 29.8. The molecule has 2 aromatic carbocycles. The van der Waals surface area contributed by atoms with Crippen LogP contribution in [-0.4, -0.2) is 66.0 Å². The van der Waals surface area contributed by atoms with Crippen LogP contribution in [0.4, 0.5) is 11.4 Å². The molecule has 6 heteroatoms. The van der Waals surface area contributed by atoms with Gasteiger partial charge in [-0.25, -0.2) is 0 Å². The number of aryl methyl sites for hydroxylation is 4. The molecular formula is C40H63N4O2+. The first-order valence-electron chi connectivity index (χ1n) is 18.6. The minimum absolute atomic E-state index is 0.0137. The summed E-state index contributed by atoms with van der Waals surface area (Å²) in [6.07, 6.45) is 16.3. The summed E-state index contributed by atoms with van der Waals surface area (Å²) in [6.45, 7) is 16.0. The number of quaternary nitrogens is 1. The summed E-state index contributed by atoms with van der Waals surface area (Å²) in [7, 11) is 0. The predicted octanol–water partition coefficient (Wildman–Crippen LogP) is 8.86. The Morgan fingerprint density at radius 1 is 0.696 bits per heavy atom. The van der Waals surface area contributed by atoms with E-state index >= 15 is 0 Å². The van der Waals surface area contributed by atoms with Gasteiger partial charge < -0.3 is 15.1 Å². The Hall–Kier alpha value is -2.70. The number of amides is 2. The Kier molecular flexibility index (Phi) is 14.1. The molecule has 2 N–H and O–H groups in total. The molecule has 4 rings (SSSR count). The van der Waals surface area contributed by atoms with Gasteiger partial charge in [-0.15, -0.1) is 0 Å². The summed E-state index contributed by atoms with van der Waals surface area (Å²) in [5.74, 6) is 0.392. The third-order valence-electron chi connectivity index (χ3n) is 10.9. The van der Waals surface area contributed by atoms with Gasteiger partial charge in [0, 0.05) is 17.8 Å². The molecule has 6 nitrogen and oxygen atoms in total. The summed E-state index contributed by atoms with van der Waals surface area (Å²) in [5.41, 5.74) is 6.54. The molecule has 2 saturated heterocycles. The number of carbonyl (C=O) groups excluding carboxylic acids is 2. The van der Waals surface area contributed by atoms with Gasteiger partial charge in [-0.3, -0.25) is 14.5 Å². The monoisotopic (exact) mass is 631 g/mol. The molecule has 2 fully saturated rings. The highest BCUT2D eigenvalue weighted by Gasteiger charge is 2.43. The van der Waals surface area contributed by atoms with Gasteiger partial charge in [0.15, 0.2) is 6.04 Å². The zero-order chi connectivity index (χ0) is 32.9. The fraction of sp³-hybridized carbons (Fsp3) is 0.650. The zero-order valence-corrected chi connectivity index (χ0v) is 29.8. The van der Waals surface area contributed by atoms with E-state index in [9.17, 15) is 9.59 Å². The number of hydrogen-bond donors (Lipinski definition) is 2. The minimum Gasteiger partial charge on any atom is -0.324 e. The van der Waals surface area contributed by atoms with E-state index in [4.69, 9.17) is 0 Å². The number of piperidine rings is 2. The van der Waals surface area contributed by atoms with Crippen molar-refractivity contribution in [1.82, 2.24) is 4.90 Å². The van der Waals surface area contributed by atoms with Gasteiger partial charge in [-0.1, -0.05) is 75.4 Å². The quantitative estimate of drug-likeness (QED) is 0.144. The summed E-state index contributed by atoms with van der Waals surface area (Å²) >= 11 is 0. The van der Waals surface area contributed by atoms with Crippen molar-refractivity contribution in [3.05, 3.63) is 58.7 Å². The highest BCUT2D eigenvalue weighted by molar-refractivity contribution is 5.96. The maximum absolute atomic E-state index is 13.8. The van der Waals surface area contributed by atoms with Crippen LogP contribution in [0.2, 0.25) is 0 Å². The maximum Gasteiger partial charge on any atom is 0.282 e. The van der Waals surface area contributed by atoms with Gasteiger partial charge in [0.1, 0.15) is 0 Å². The van der Waals surface area contributed by atoms with Gasteiger partial charge in [0.25, 0.3) is 5.91 Å². The van der Waals surface area contributed by atoms with Crippen LogP contribution in [-0.2, 0) is 9.59 Å². The average Bonchev–Trinajstić information content (AvgIpc) is 3.05. The minimum atomic E-state index is -0.0137. The van der Waals surface area contributed by atoms with E-state index in [1.165, 1.54) is 57.8 Å². The first-order valence-corrected chi connectivity index (χ1v) is 18.6. The highest BCUT2D eigenvalue weighted by atomic mass is 16.2. The average molecular weight is 632 g/mol. The second-order valence-electron chi connectivity index (χ2n) is 14.4. The van der Waals surface area contributed by atoms with E-state index < -0.39 is 0 Å². The van der Waals surface area contributed by atoms with Crippen molar-refractivity contribution in [2.24, 2.45) is 0 Å². The fourth-order valence-corrected chi connectivity index (χ4v) is 8.13. The molecular weight excluding hydrogens is 568 g/mol. The second kappa shape index (κ2) is 18.0. The van der Waals surface area contributed by atoms with E-state index in [0.29, 0.717) is 0 Å². The van der Waals surface area contributed by atoms with Crippen LogP contribution in [0.1, 0.15) is 119 Å². The second-order valence-corrected chi connectivity index (χ2v) is 14.4. The molecule has 46 heavy (non-hydrogen) atoms. The van der Waals surface area contributed by atoms with Crippen LogP contribution in [0, 0.1) is 27.7 Å². The van der Waals surface area contributed by atoms with E-state index in [1.807, 2.05) is 0 Å². The Labute approximate surface area is 280 Å². The van der Waals surface area contributed by atoms with E-state index in [-0.39, 0.29) is 23.9 Å². The molecule has 3 unspecified atom stereocenters. The fourth-order valence-electron chi connectivity index (χ4n) is 8.13. The van der Waals surface area contributed by atoms with Gasteiger partial charge in [-0.05, 0) is 114 Å². The number of para-hydroxylation sites is 2. The Morgan fingerprint density at radius 2 is 1.24 bits per heavy atom. The Balaban J connectivity index is 1.22. The van der Waals surface area contributed by atoms with E-state index in [0.717, 1.165) is 103 Å². The third kappa shape index (κ3) is 9.67. The van der Waals surface area contributed by atoms with Crippen molar-refractivity contribution < 1.29 is 14.1 Å². The topological polar surface area (TPSA) is 61.4 Å². The molecule has 0 spiro atoms. The van der Waals surface area contributed by atoms with Crippen LogP contribution in [0.25, 0.3) is 0 Å². The van der Waals surface area contributed by atoms with Crippen LogP contribution in [0.5, 0.6) is 0 Å². The normalized spacial score (nSPS) is 22.0. The number of rotatable bonds is 16. The number of anilines is 2. The van der Waals surface area contributed by atoms with Crippen LogP contribution in [0.3, 0.4) is 0 Å². The molecule has 0 saturated carbocycles. The maximum atomic E-state index is 13.8. The molecule has 0 aliphatic carbocycles. The van der Waals surface area contributed by atoms with Crippen LogP contribution in [0.15, 0.2) is 36.4 Å². The lowest BCUT2D eigenvalue weighted by molar-refractivity contribution is -0.947. The SMILES string of the molecule is CCCC[N+]1(CCCCCCCCN2CCCCC2C(=O)Nc2c(C)cccc2C)CCCCC1C(=O)Nc1c(C)cccc1C. The summed E-state index contributed by atoms with van der Waals surface area (Å²) in [5, 5.41) is 6.64. The smallest absolute Gasteiger partial charge is 0.282 e. The molecule has 2 aliphatic heterocycles. The molecule has 2 aliphatic rings. The Morgan fingerprint density at radius 3 is 1.87 bits per heavy atom. The summed E-state index contributed by atoms with van der Waals surface area (Å²) < 4.78 is 0.977. The number of carbonyl (C=O) groups is 2. The first kappa shape index (κ1) is 36.1. The van der Waals surface area contributed by atoms with E-state index in [1.54, 1.807) is 0 Å².